The Morgan fingerprint density at radius 1 is 0.913 bits per heavy atom. The van der Waals surface area contributed by atoms with Crippen molar-refractivity contribution < 1.29 is 4.39 Å². The molecule has 2 nitrogen and oxygen atoms in total. The summed E-state index contributed by atoms with van der Waals surface area (Å²) in [5.41, 5.74) is 2.53. The Kier molecular flexibility index (Phi) is 5.78. The molecule has 1 aliphatic rings. The third-order valence-corrected chi connectivity index (χ3v) is 4.65. The fourth-order valence-corrected chi connectivity index (χ4v) is 3.36. The van der Waals surface area contributed by atoms with Gasteiger partial charge in [0.05, 0.1) is 0 Å². The Balaban J connectivity index is 1.66. The largest absolute Gasteiger partial charge is 0.314 e. The first-order chi connectivity index (χ1) is 11.3. The van der Waals surface area contributed by atoms with E-state index in [1.807, 2.05) is 18.2 Å². The predicted octanol–water partition coefficient (Wildman–Crippen LogP) is 3.64. The van der Waals surface area contributed by atoms with Crippen LogP contribution in [-0.4, -0.2) is 37.6 Å². The first kappa shape index (κ1) is 16.2. The van der Waals surface area contributed by atoms with Crippen LogP contribution in [0.4, 0.5) is 4.39 Å². The van der Waals surface area contributed by atoms with Gasteiger partial charge in [0.15, 0.2) is 0 Å². The minimum atomic E-state index is -0.165. The van der Waals surface area contributed by atoms with Crippen LogP contribution in [0.1, 0.15) is 29.9 Å². The van der Waals surface area contributed by atoms with E-state index in [0.717, 1.165) is 45.6 Å². The van der Waals surface area contributed by atoms with Gasteiger partial charge < -0.3 is 10.2 Å². The van der Waals surface area contributed by atoms with Gasteiger partial charge in [0, 0.05) is 32.1 Å². The van der Waals surface area contributed by atoms with Crippen molar-refractivity contribution in [1.29, 1.82) is 0 Å². The quantitative estimate of drug-likeness (QED) is 0.876. The van der Waals surface area contributed by atoms with Crippen LogP contribution < -0.4 is 5.32 Å². The van der Waals surface area contributed by atoms with Gasteiger partial charge in [0.2, 0.25) is 0 Å². The maximum Gasteiger partial charge on any atom is 0.123 e. The standard InChI is InChI=1S/C20H25FN2/c21-19-10-8-18(9-11-19)20(17-5-2-1-3-6-17)7-4-14-23-15-12-22-13-16-23/h1-3,5-6,8-11,20,22H,4,7,12-16H2/t20-/m1/s1. The zero-order valence-corrected chi connectivity index (χ0v) is 13.5. The fraction of sp³-hybridized carbons (Fsp3) is 0.400. The van der Waals surface area contributed by atoms with Crippen LogP contribution in [0.2, 0.25) is 0 Å². The second-order valence-corrected chi connectivity index (χ2v) is 6.25. The summed E-state index contributed by atoms with van der Waals surface area (Å²) >= 11 is 0. The minimum Gasteiger partial charge on any atom is -0.314 e. The highest BCUT2D eigenvalue weighted by Gasteiger charge is 2.15. The molecule has 2 aromatic carbocycles. The molecule has 3 heteroatoms. The lowest BCUT2D eigenvalue weighted by Gasteiger charge is -2.28. The van der Waals surface area contributed by atoms with E-state index in [4.69, 9.17) is 0 Å². The van der Waals surface area contributed by atoms with Crippen LogP contribution in [0.5, 0.6) is 0 Å². The summed E-state index contributed by atoms with van der Waals surface area (Å²) in [6.45, 7) is 5.63. The molecule has 1 N–H and O–H groups in total. The molecular formula is C20H25FN2. The molecule has 1 saturated heterocycles. The molecule has 122 valence electrons. The van der Waals surface area contributed by atoms with Gasteiger partial charge in [-0.1, -0.05) is 42.5 Å². The summed E-state index contributed by atoms with van der Waals surface area (Å²) in [6.07, 6.45) is 2.26. The Hall–Kier alpha value is -1.71. The average molecular weight is 312 g/mol. The number of halogens is 1. The Morgan fingerprint density at radius 3 is 2.26 bits per heavy atom. The number of hydrogen-bond acceptors (Lipinski definition) is 2. The lowest BCUT2D eigenvalue weighted by molar-refractivity contribution is 0.235. The summed E-state index contributed by atoms with van der Waals surface area (Å²) in [5.74, 6) is 0.182. The Morgan fingerprint density at radius 2 is 1.57 bits per heavy atom. The second-order valence-electron chi connectivity index (χ2n) is 6.25. The van der Waals surface area contributed by atoms with Crippen molar-refractivity contribution in [3.8, 4) is 0 Å². The molecule has 0 spiro atoms. The van der Waals surface area contributed by atoms with Crippen molar-refractivity contribution in [1.82, 2.24) is 10.2 Å². The number of rotatable bonds is 6. The molecule has 2 aromatic rings. The van der Waals surface area contributed by atoms with Gasteiger partial charge in [-0.15, -0.1) is 0 Å². The van der Waals surface area contributed by atoms with E-state index >= 15 is 0 Å². The van der Waals surface area contributed by atoms with E-state index < -0.39 is 0 Å². The zero-order chi connectivity index (χ0) is 15.9. The molecule has 0 aromatic heterocycles. The van der Waals surface area contributed by atoms with E-state index in [0.29, 0.717) is 5.92 Å². The van der Waals surface area contributed by atoms with Crippen molar-refractivity contribution in [2.75, 3.05) is 32.7 Å². The molecule has 0 saturated carbocycles. The van der Waals surface area contributed by atoms with E-state index in [9.17, 15) is 4.39 Å². The second kappa shape index (κ2) is 8.23. The van der Waals surface area contributed by atoms with Crippen molar-refractivity contribution in [3.05, 3.63) is 71.5 Å². The van der Waals surface area contributed by atoms with Crippen LogP contribution in [0.3, 0.4) is 0 Å². The molecular weight excluding hydrogens is 287 g/mol. The molecule has 1 fully saturated rings. The maximum atomic E-state index is 13.2. The van der Waals surface area contributed by atoms with E-state index in [2.05, 4.69) is 34.5 Å². The van der Waals surface area contributed by atoms with Gasteiger partial charge in [0.1, 0.15) is 5.82 Å². The molecule has 0 aliphatic carbocycles. The minimum absolute atomic E-state index is 0.165. The first-order valence-electron chi connectivity index (χ1n) is 8.56. The summed E-state index contributed by atoms with van der Waals surface area (Å²) in [7, 11) is 0. The first-order valence-corrected chi connectivity index (χ1v) is 8.56. The molecule has 0 amide bonds. The van der Waals surface area contributed by atoms with Gasteiger partial charge in [-0.05, 0) is 42.6 Å². The molecule has 1 aliphatic heterocycles. The Labute approximate surface area is 138 Å². The summed E-state index contributed by atoms with van der Waals surface area (Å²) in [6, 6.07) is 17.6. The summed E-state index contributed by atoms with van der Waals surface area (Å²) in [5, 5.41) is 3.39. The number of benzene rings is 2. The third kappa shape index (κ3) is 4.63. The molecule has 3 rings (SSSR count). The molecule has 0 unspecified atom stereocenters. The van der Waals surface area contributed by atoms with Crippen LogP contribution in [0, 0.1) is 5.82 Å². The van der Waals surface area contributed by atoms with Gasteiger partial charge in [0.25, 0.3) is 0 Å². The molecule has 1 atom stereocenters. The van der Waals surface area contributed by atoms with Crippen molar-refractivity contribution in [2.45, 2.75) is 18.8 Å². The predicted molar refractivity (Wildman–Crippen MR) is 93.2 cm³/mol. The summed E-state index contributed by atoms with van der Waals surface area (Å²) in [4.78, 5) is 2.53. The summed E-state index contributed by atoms with van der Waals surface area (Å²) < 4.78 is 13.2. The van der Waals surface area contributed by atoms with Crippen molar-refractivity contribution >= 4 is 0 Å². The number of nitrogens with zero attached hydrogens (tertiary/aromatic N) is 1. The third-order valence-electron chi connectivity index (χ3n) is 4.65. The van der Waals surface area contributed by atoms with Crippen LogP contribution in [0.15, 0.2) is 54.6 Å². The molecule has 0 bridgehead atoms. The number of piperazine rings is 1. The normalized spacial score (nSPS) is 17.1. The van der Waals surface area contributed by atoms with Gasteiger partial charge in [-0.25, -0.2) is 4.39 Å². The highest BCUT2D eigenvalue weighted by atomic mass is 19.1. The maximum absolute atomic E-state index is 13.2. The highest BCUT2D eigenvalue weighted by Crippen LogP contribution is 2.29. The number of nitrogens with one attached hydrogen (secondary N) is 1. The van der Waals surface area contributed by atoms with Gasteiger partial charge >= 0.3 is 0 Å². The lowest BCUT2D eigenvalue weighted by Crippen LogP contribution is -2.43. The van der Waals surface area contributed by atoms with E-state index in [-0.39, 0.29) is 5.82 Å². The molecule has 23 heavy (non-hydrogen) atoms. The average Bonchev–Trinajstić information content (AvgIpc) is 2.61. The van der Waals surface area contributed by atoms with E-state index in [1.165, 1.54) is 11.1 Å². The van der Waals surface area contributed by atoms with E-state index in [1.54, 1.807) is 12.1 Å². The topological polar surface area (TPSA) is 15.3 Å². The fourth-order valence-electron chi connectivity index (χ4n) is 3.36. The van der Waals surface area contributed by atoms with Crippen molar-refractivity contribution in [2.24, 2.45) is 0 Å². The van der Waals surface area contributed by atoms with Crippen LogP contribution in [-0.2, 0) is 0 Å². The monoisotopic (exact) mass is 312 g/mol. The van der Waals surface area contributed by atoms with Gasteiger partial charge in [-0.3, -0.25) is 0 Å². The SMILES string of the molecule is Fc1ccc([C@H](CCCN2CCNCC2)c2ccccc2)cc1. The smallest absolute Gasteiger partial charge is 0.123 e. The Bertz CT molecular complexity index is 576. The molecule has 1 heterocycles. The van der Waals surface area contributed by atoms with Crippen molar-refractivity contribution in [3.63, 3.8) is 0 Å². The molecule has 0 radical (unpaired) electrons. The van der Waals surface area contributed by atoms with Gasteiger partial charge in [-0.2, -0.15) is 0 Å². The lowest BCUT2D eigenvalue weighted by atomic mass is 9.87. The van der Waals surface area contributed by atoms with Crippen LogP contribution >= 0.6 is 0 Å². The highest BCUT2D eigenvalue weighted by molar-refractivity contribution is 5.32. The zero-order valence-electron chi connectivity index (χ0n) is 13.5. The van der Waals surface area contributed by atoms with Crippen LogP contribution in [0.25, 0.3) is 0 Å². The number of hydrogen-bond donors (Lipinski definition) is 1.